The van der Waals surface area contributed by atoms with Gasteiger partial charge in [0.05, 0.1) is 0 Å². The predicted octanol–water partition coefficient (Wildman–Crippen LogP) is 2.64. The fraction of sp³-hybridized carbons (Fsp3) is 0.200. The highest BCUT2D eigenvalue weighted by molar-refractivity contribution is 5.34. The zero-order chi connectivity index (χ0) is 7.56. The van der Waals surface area contributed by atoms with Gasteiger partial charge in [-0.1, -0.05) is 30.3 Å². The van der Waals surface area contributed by atoms with Gasteiger partial charge < -0.3 is 0 Å². The second kappa shape index (κ2) is 2.70. The van der Waals surface area contributed by atoms with Gasteiger partial charge in [0.2, 0.25) is 0 Å². The molecule has 0 aliphatic carbocycles. The molecular weight excluding hydrogens is 120 g/mol. The first-order valence-electron chi connectivity index (χ1n) is 3.34. The van der Waals surface area contributed by atoms with Gasteiger partial charge in [-0.2, -0.15) is 0 Å². The van der Waals surface area contributed by atoms with Crippen LogP contribution in [-0.4, -0.2) is 0 Å². The summed E-state index contributed by atoms with van der Waals surface area (Å²) in [5, 5.41) is 0. The van der Waals surface area contributed by atoms with Crippen LogP contribution in [0.1, 0.15) is 16.7 Å². The molecular formula is C10H11. The number of hydrogen-bond donors (Lipinski definition) is 0. The maximum Gasteiger partial charge on any atom is -0.0152 e. The fourth-order valence-electron chi connectivity index (χ4n) is 0.926. The van der Waals surface area contributed by atoms with Crippen molar-refractivity contribution in [2.75, 3.05) is 0 Å². The summed E-state index contributed by atoms with van der Waals surface area (Å²) in [4.78, 5) is 0. The molecule has 0 aromatic heterocycles. The Hall–Kier alpha value is -1.04. The first-order valence-corrected chi connectivity index (χ1v) is 3.34. The minimum atomic E-state index is 1.11. The van der Waals surface area contributed by atoms with E-state index in [2.05, 4.69) is 44.7 Å². The third-order valence-corrected chi connectivity index (χ3v) is 1.58. The highest BCUT2D eigenvalue weighted by Gasteiger charge is 1.91. The van der Waals surface area contributed by atoms with Gasteiger partial charge in [0.25, 0.3) is 0 Å². The lowest BCUT2D eigenvalue weighted by Gasteiger charge is -1.99. The molecule has 0 fully saturated rings. The van der Waals surface area contributed by atoms with Crippen LogP contribution in [0, 0.1) is 19.9 Å². The Morgan fingerprint density at radius 2 is 2.00 bits per heavy atom. The maximum atomic E-state index is 3.61. The SMILES string of the molecule is C=[C]c1cc(C)ccc1C. The van der Waals surface area contributed by atoms with Crippen LogP contribution in [0.2, 0.25) is 0 Å². The minimum absolute atomic E-state index is 1.11. The standard InChI is InChI=1S/C10H11/c1-4-10-7-8(2)5-6-9(10)3/h5-7H,1H2,2-3H3. The van der Waals surface area contributed by atoms with Gasteiger partial charge in [-0.25, -0.2) is 0 Å². The lowest BCUT2D eigenvalue weighted by atomic mass is 10.1. The highest BCUT2D eigenvalue weighted by atomic mass is 14.0. The summed E-state index contributed by atoms with van der Waals surface area (Å²) in [6.45, 7) is 7.74. The molecule has 1 rings (SSSR count). The van der Waals surface area contributed by atoms with E-state index in [9.17, 15) is 0 Å². The zero-order valence-corrected chi connectivity index (χ0v) is 6.44. The van der Waals surface area contributed by atoms with E-state index in [4.69, 9.17) is 0 Å². The van der Waals surface area contributed by atoms with E-state index in [-0.39, 0.29) is 0 Å². The largest absolute Gasteiger partial charge is 0.0905 e. The summed E-state index contributed by atoms with van der Waals surface area (Å²) in [5.41, 5.74) is 3.61. The van der Waals surface area contributed by atoms with Crippen LogP contribution in [0.3, 0.4) is 0 Å². The molecule has 0 heterocycles. The summed E-state index contributed by atoms with van der Waals surface area (Å²) in [5.74, 6) is 0. The molecule has 10 heavy (non-hydrogen) atoms. The smallest absolute Gasteiger partial charge is 0.0152 e. The Morgan fingerprint density at radius 1 is 1.30 bits per heavy atom. The van der Waals surface area contributed by atoms with E-state index in [1.165, 1.54) is 11.1 Å². The van der Waals surface area contributed by atoms with E-state index in [0.717, 1.165) is 5.56 Å². The normalized spacial score (nSPS) is 9.40. The van der Waals surface area contributed by atoms with Crippen molar-refractivity contribution in [3.8, 4) is 0 Å². The number of rotatable bonds is 1. The number of aryl methyl sites for hydroxylation is 2. The van der Waals surface area contributed by atoms with E-state index in [0.29, 0.717) is 0 Å². The number of hydrogen-bond acceptors (Lipinski definition) is 0. The third kappa shape index (κ3) is 1.27. The molecule has 0 aliphatic heterocycles. The van der Waals surface area contributed by atoms with Gasteiger partial charge in [-0.15, -0.1) is 0 Å². The molecule has 0 unspecified atom stereocenters. The first-order chi connectivity index (χ1) is 4.74. The van der Waals surface area contributed by atoms with E-state index in [1.807, 2.05) is 0 Å². The monoisotopic (exact) mass is 131 g/mol. The predicted molar refractivity (Wildman–Crippen MR) is 43.9 cm³/mol. The van der Waals surface area contributed by atoms with Gasteiger partial charge >= 0.3 is 0 Å². The first kappa shape index (κ1) is 7.07. The number of benzene rings is 1. The molecule has 51 valence electrons. The van der Waals surface area contributed by atoms with Crippen molar-refractivity contribution in [3.05, 3.63) is 47.5 Å². The zero-order valence-electron chi connectivity index (χ0n) is 6.44. The molecule has 0 nitrogen and oxygen atoms in total. The van der Waals surface area contributed by atoms with Gasteiger partial charge in [0, 0.05) is 0 Å². The molecule has 0 saturated carbocycles. The van der Waals surface area contributed by atoms with Gasteiger partial charge in [-0.05, 0) is 31.1 Å². The molecule has 0 N–H and O–H groups in total. The Kier molecular flexibility index (Phi) is 1.91. The van der Waals surface area contributed by atoms with Crippen LogP contribution in [0.15, 0.2) is 24.8 Å². The van der Waals surface area contributed by atoms with E-state index in [1.54, 1.807) is 0 Å². The van der Waals surface area contributed by atoms with E-state index < -0.39 is 0 Å². The van der Waals surface area contributed by atoms with Crippen molar-refractivity contribution < 1.29 is 0 Å². The third-order valence-electron chi connectivity index (χ3n) is 1.58. The molecule has 1 radical (unpaired) electrons. The van der Waals surface area contributed by atoms with Crippen LogP contribution in [-0.2, 0) is 0 Å². The van der Waals surface area contributed by atoms with Crippen molar-refractivity contribution in [2.45, 2.75) is 13.8 Å². The molecule has 0 spiro atoms. The Bertz CT molecular complexity index is 246. The van der Waals surface area contributed by atoms with Crippen LogP contribution < -0.4 is 0 Å². The minimum Gasteiger partial charge on any atom is -0.0905 e. The van der Waals surface area contributed by atoms with Crippen molar-refractivity contribution >= 4 is 0 Å². The summed E-state index contributed by atoms with van der Waals surface area (Å²) in [7, 11) is 0. The molecule has 0 saturated heterocycles. The lowest BCUT2D eigenvalue weighted by molar-refractivity contribution is 1.35. The van der Waals surface area contributed by atoms with Crippen molar-refractivity contribution in [2.24, 2.45) is 0 Å². The maximum absolute atomic E-state index is 3.61. The molecule has 1 aromatic rings. The second-order valence-electron chi connectivity index (χ2n) is 2.50. The topological polar surface area (TPSA) is 0 Å². The summed E-state index contributed by atoms with van der Waals surface area (Å²) in [6.07, 6.45) is 2.89. The highest BCUT2D eigenvalue weighted by Crippen LogP contribution is 2.09. The summed E-state index contributed by atoms with van der Waals surface area (Å²) >= 11 is 0. The average molecular weight is 131 g/mol. The van der Waals surface area contributed by atoms with Gasteiger partial charge in [-0.3, -0.25) is 0 Å². The van der Waals surface area contributed by atoms with Crippen LogP contribution >= 0.6 is 0 Å². The second-order valence-corrected chi connectivity index (χ2v) is 2.50. The molecule has 0 amide bonds. The molecule has 0 aliphatic rings. The van der Waals surface area contributed by atoms with Crippen LogP contribution in [0.5, 0.6) is 0 Å². The quantitative estimate of drug-likeness (QED) is 0.549. The van der Waals surface area contributed by atoms with Crippen molar-refractivity contribution in [1.82, 2.24) is 0 Å². The van der Waals surface area contributed by atoms with Crippen LogP contribution in [0.4, 0.5) is 0 Å². The summed E-state index contributed by atoms with van der Waals surface area (Å²) < 4.78 is 0. The Morgan fingerprint density at radius 3 is 2.50 bits per heavy atom. The van der Waals surface area contributed by atoms with Crippen molar-refractivity contribution in [1.29, 1.82) is 0 Å². The van der Waals surface area contributed by atoms with Gasteiger partial charge in [0.1, 0.15) is 0 Å². The lowest BCUT2D eigenvalue weighted by Crippen LogP contribution is -1.81. The molecule has 0 atom stereocenters. The Labute approximate surface area is 62.2 Å². The molecule has 0 heteroatoms. The fourth-order valence-corrected chi connectivity index (χ4v) is 0.926. The van der Waals surface area contributed by atoms with Gasteiger partial charge in [0.15, 0.2) is 0 Å². The van der Waals surface area contributed by atoms with E-state index >= 15 is 0 Å². The molecule has 0 bridgehead atoms. The summed E-state index contributed by atoms with van der Waals surface area (Å²) in [6, 6.07) is 6.27. The molecule has 1 aromatic carbocycles. The van der Waals surface area contributed by atoms with Crippen LogP contribution in [0.25, 0.3) is 0 Å². The van der Waals surface area contributed by atoms with Crippen molar-refractivity contribution in [3.63, 3.8) is 0 Å². The average Bonchev–Trinajstić information content (AvgIpc) is 1.94. The Balaban J connectivity index is 3.21.